The standard InChI is InChI=1S/C26H25ClN8O/c1-26(2,36)20-8-4-7-17(31-20)14-30-25-24(28)32-23(19-9-11-35(3)34-19)22(33-25)16-12-15-6-5-10-29-21(15)18(27)13-16/h4-13,36H,14H2,1-3H3,(H2,28,32)(H,30,33). The number of benzene rings is 1. The number of nitrogen functional groups attached to an aromatic ring is 1. The number of anilines is 2. The monoisotopic (exact) mass is 500 g/mol. The van der Waals surface area contributed by atoms with E-state index in [1.807, 2.05) is 55.7 Å². The Labute approximate surface area is 213 Å². The molecular formula is C26H25ClN8O. The van der Waals surface area contributed by atoms with Crippen LogP contribution in [0.15, 0.2) is 60.9 Å². The van der Waals surface area contributed by atoms with E-state index < -0.39 is 5.60 Å². The first-order valence-electron chi connectivity index (χ1n) is 11.3. The average Bonchev–Trinajstić information content (AvgIpc) is 3.29. The third kappa shape index (κ3) is 4.71. The van der Waals surface area contributed by atoms with Crippen LogP contribution in [-0.2, 0) is 19.2 Å². The maximum Gasteiger partial charge on any atom is 0.169 e. The number of aromatic nitrogens is 6. The van der Waals surface area contributed by atoms with Crippen LogP contribution in [0.25, 0.3) is 33.5 Å². The van der Waals surface area contributed by atoms with E-state index in [0.29, 0.717) is 45.7 Å². The van der Waals surface area contributed by atoms with Gasteiger partial charge in [0.2, 0.25) is 0 Å². The molecule has 0 unspecified atom stereocenters. The average molecular weight is 501 g/mol. The van der Waals surface area contributed by atoms with E-state index in [9.17, 15) is 5.11 Å². The van der Waals surface area contributed by atoms with Crippen LogP contribution in [-0.4, -0.2) is 34.8 Å². The van der Waals surface area contributed by atoms with Crippen molar-refractivity contribution in [1.82, 2.24) is 29.7 Å². The van der Waals surface area contributed by atoms with E-state index in [0.717, 1.165) is 16.6 Å². The third-order valence-corrected chi connectivity index (χ3v) is 5.97. The van der Waals surface area contributed by atoms with Crippen molar-refractivity contribution in [2.24, 2.45) is 7.05 Å². The minimum atomic E-state index is -1.05. The second-order valence-electron chi connectivity index (χ2n) is 8.99. The van der Waals surface area contributed by atoms with Crippen molar-refractivity contribution < 1.29 is 5.11 Å². The molecular weight excluding hydrogens is 476 g/mol. The molecule has 0 fully saturated rings. The number of hydrogen-bond donors (Lipinski definition) is 3. The van der Waals surface area contributed by atoms with Gasteiger partial charge in [-0.1, -0.05) is 23.7 Å². The molecule has 4 aromatic heterocycles. The van der Waals surface area contributed by atoms with E-state index in [1.54, 1.807) is 30.8 Å². The quantitative estimate of drug-likeness (QED) is 0.309. The lowest BCUT2D eigenvalue weighted by atomic mass is 10.0. The van der Waals surface area contributed by atoms with E-state index in [1.165, 1.54) is 0 Å². The minimum absolute atomic E-state index is 0.228. The van der Waals surface area contributed by atoms with Gasteiger partial charge < -0.3 is 16.2 Å². The number of halogens is 1. The first-order chi connectivity index (χ1) is 17.2. The number of nitrogens with zero attached hydrogens (tertiary/aromatic N) is 6. The summed E-state index contributed by atoms with van der Waals surface area (Å²) in [5.41, 5.74) is 9.82. The van der Waals surface area contributed by atoms with Crippen LogP contribution in [0, 0.1) is 0 Å². The Balaban J connectivity index is 1.58. The fraction of sp³-hybridized carbons (Fsp3) is 0.192. The molecule has 10 heteroatoms. The molecule has 0 amide bonds. The molecule has 182 valence electrons. The zero-order chi connectivity index (χ0) is 25.4. The summed E-state index contributed by atoms with van der Waals surface area (Å²) in [4.78, 5) is 18.4. The van der Waals surface area contributed by atoms with Crippen molar-refractivity contribution in [3.05, 3.63) is 77.3 Å². The Bertz CT molecular complexity index is 1570. The topological polar surface area (TPSA) is 128 Å². The lowest BCUT2D eigenvalue weighted by Crippen LogP contribution is -2.18. The molecule has 0 atom stereocenters. The first kappa shape index (κ1) is 23.7. The maximum atomic E-state index is 10.3. The van der Waals surface area contributed by atoms with Gasteiger partial charge in [0.1, 0.15) is 22.7 Å². The highest BCUT2D eigenvalue weighted by atomic mass is 35.5. The first-order valence-corrected chi connectivity index (χ1v) is 11.7. The van der Waals surface area contributed by atoms with Crippen molar-refractivity contribution in [2.45, 2.75) is 26.0 Å². The third-order valence-electron chi connectivity index (χ3n) is 5.68. The van der Waals surface area contributed by atoms with Gasteiger partial charge in [-0.05, 0) is 50.2 Å². The van der Waals surface area contributed by atoms with Crippen molar-refractivity contribution in [2.75, 3.05) is 11.1 Å². The van der Waals surface area contributed by atoms with E-state index >= 15 is 0 Å². The highest BCUT2D eigenvalue weighted by molar-refractivity contribution is 6.35. The predicted molar refractivity (Wildman–Crippen MR) is 141 cm³/mol. The lowest BCUT2D eigenvalue weighted by Gasteiger charge is -2.17. The summed E-state index contributed by atoms with van der Waals surface area (Å²) < 4.78 is 1.70. The van der Waals surface area contributed by atoms with Crippen molar-refractivity contribution >= 4 is 34.1 Å². The largest absolute Gasteiger partial charge is 0.384 e. The molecule has 9 nitrogen and oxygen atoms in total. The van der Waals surface area contributed by atoms with Crippen LogP contribution < -0.4 is 11.1 Å². The highest BCUT2D eigenvalue weighted by Crippen LogP contribution is 2.35. The second-order valence-corrected chi connectivity index (χ2v) is 9.40. The van der Waals surface area contributed by atoms with Crippen LogP contribution in [0.5, 0.6) is 0 Å². The van der Waals surface area contributed by atoms with Gasteiger partial charge >= 0.3 is 0 Å². The van der Waals surface area contributed by atoms with Gasteiger partial charge in [0.25, 0.3) is 0 Å². The summed E-state index contributed by atoms with van der Waals surface area (Å²) in [6.07, 6.45) is 3.54. The summed E-state index contributed by atoms with van der Waals surface area (Å²) in [5, 5.41) is 19.4. The van der Waals surface area contributed by atoms with Crippen LogP contribution in [0.3, 0.4) is 0 Å². The number of hydrogen-bond acceptors (Lipinski definition) is 8. The molecule has 4 heterocycles. The lowest BCUT2D eigenvalue weighted by molar-refractivity contribution is 0.0736. The summed E-state index contributed by atoms with van der Waals surface area (Å²) in [6, 6.07) is 15.0. The zero-order valence-corrected chi connectivity index (χ0v) is 20.8. The molecule has 0 spiro atoms. The molecule has 0 saturated carbocycles. The molecule has 4 N–H and O–H groups in total. The summed E-state index contributed by atoms with van der Waals surface area (Å²) >= 11 is 6.58. The second kappa shape index (κ2) is 9.18. The number of fused-ring (bicyclic) bond motifs is 1. The van der Waals surface area contributed by atoms with Crippen molar-refractivity contribution in [3.8, 4) is 22.6 Å². The van der Waals surface area contributed by atoms with Gasteiger partial charge in [0.15, 0.2) is 11.6 Å². The molecule has 0 aliphatic rings. The van der Waals surface area contributed by atoms with Gasteiger partial charge in [-0.3, -0.25) is 14.6 Å². The number of nitrogens with one attached hydrogen (secondary N) is 1. The van der Waals surface area contributed by atoms with Gasteiger partial charge in [-0.15, -0.1) is 0 Å². The normalized spacial score (nSPS) is 11.7. The molecule has 0 bridgehead atoms. The Kier molecular flexibility index (Phi) is 6.03. The van der Waals surface area contributed by atoms with Crippen LogP contribution in [0.4, 0.5) is 11.6 Å². The van der Waals surface area contributed by atoms with E-state index in [2.05, 4.69) is 25.4 Å². The molecule has 0 aliphatic carbocycles. The fourth-order valence-corrected chi connectivity index (χ4v) is 4.15. The highest BCUT2D eigenvalue weighted by Gasteiger charge is 2.20. The van der Waals surface area contributed by atoms with Crippen LogP contribution >= 0.6 is 11.6 Å². The summed E-state index contributed by atoms with van der Waals surface area (Å²) in [6.45, 7) is 3.74. The SMILES string of the molecule is Cn1ccc(-c2nc(N)c(NCc3cccc(C(C)(C)O)n3)nc2-c2cc(Cl)c3ncccc3c2)n1. The van der Waals surface area contributed by atoms with Crippen LogP contribution in [0.2, 0.25) is 5.02 Å². The van der Waals surface area contributed by atoms with Gasteiger partial charge in [0, 0.05) is 30.4 Å². The van der Waals surface area contributed by atoms with Crippen molar-refractivity contribution in [1.29, 1.82) is 0 Å². The summed E-state index contributed by atoms with van der Waals surface area (Å²) in [7, 11) is 1.84. The molecule has 1 aromatic carbocycles. The van der Waals surface area contributed by atoms with Crippen molar-refractivity contribution in [3.63, 3.8) is 0 Å². The number of aryl methyl sites for hydroxylation is 1. The Morgan fingerprint density at radius 2 is 1.89 bits per heavy atom. The Hall–Kier alpha value is -4.08. The molecule has 0 saturated heterocycles. The van der Waals surface area contributed by atoms with E-state index in [-0.39, 0.29) is 5.82 Å². The number of aliphatic hydroxyl groups is 1. The minimum Gasteiger partial charge on any atom is -0.384 e. The smallest absolute Gasteiger partial charge is 0.169 e. The number of pyridine rings is 2. The van der Waals surface area contributed by atoms with Gasteiger partial charge in [0.05, 0.1) is 28.5 Å². The Morgan fingerprint density at radius 3 is 2.64 bits per heavy atom. The fourth-order valence-electron chi connectivity index (χ4n) is 3.88. The Morgan fingerprint density at radius 1 is 1.06 bits per heavy atom. The molecule has 0 radical (unpaired) electrons. The van der Waals surface area contributed by atoms with Crippen LogP contribution in [0.1, 0.15) is 25.2 Å². The molecule has 0 aliphatic heterocycles. The van der Waals surface area contributed by atoms with Gasteiger partial charge in [-0.2, -0.15) is 5.10 Å². The predicted octanol–water partition coefficient (Wildman–Crippen LogP) is 4.56. The number of rotatable bonds is 6. The van der Waals surface area contributed by atoms with E-state index in [4.69, 9.17) is 22.3 Å². The molecule has 36 heavy (non-hydrogen) atoms. The molecule has 5 rings (SSSR count). The number of nitrogens with two attached hydrogens (primary N) is 1. The van der Waals surface area contributed by atoms with Gasteiger partial charge in [-0.25, -0.2) is 9.97 Å². The maximum absolute atomic E-state index is 10.3. The summed E-state index contributed by atoms with van der Waals surface area (Å²) in [5.74, 6) is 0.633. The zero-order valence-electron chi connectivity index (χ0n) is 20.1. The molecule has 5 aromatic rings.